The van der Waals surface area contributed by atoms with E-state index in [4.69, 9.17) is 9.84 Å². The first kappa shape index (κ1) is 14.0. The van der Waals surface area contributed by atoms with Gasteiger partial charge in [-0.3, -0.25) is 4.90 Å². The Morgan fingerprint density at radius 3 is 2.78 bits per heavy atom. The van der Waals surface area contributed by atoms with Gasteiger partial charge in [-0.1, -0.05) is 0 Å². The third-order valence-electron chi connectivity index (χ3n) is 2.99. The fourth-order valence-electron chi connectivity index (χ4n) is 2.08. The highest BCUT2D eigenvalue weighted by molar-refractivity contribution is 9.11. The fourth-order valence-corrected chi connectivity index (χ4v) is 3.61. The quantitative estimate of drug-likeness (QED) is 0.899. The van der Waals surface area contributed by atoms with Crippen LogP contribution in [0.4, 0.5) is 0 Å². The summed E-state index contributed by atoms with van der Waals surface area (Å²) >= 11 is 5.23. The molecule has 0 unspecified atom stereocenters. The SMILES string of the molecule is O=C(O)COC1CCN(Cc2ccc(Br)s2)CC1. The van der Waals surface area contributed by atoms with Gasteiger partial charge in [0.05, 0.1) is 9.89 Å². The summed E-state index contributed by atoms with van der Waals surface area (Å²) < 4.78 is 6.48. The molecule has 1 aromatic rings. The minimum atomic E-state index is -0.888. The number of carboxylic acid groups (broad SMARTS) is 1. The van der Waals surface area contributed by atoms with Crippen molar-refractivity contribution in [3.8, 4) is 0 Å². The maximum Gasteiger partial charge on any atom is 0.329 e. The van der Waals surface area contributed by atoms with Gasteiger partial charge in [0.25, 0.3) is 0 Å². The first-order chi connectivity index (χ1) is 8.63. The van der Waals surface area contributed by atoms with Crippen LogP contribution in [-0.2, 0) is 16.1 Å². The minimum Gasteiger partial charge on any atom is -0.480 e. The number of hydrogen-bond acceptors (Lipinski definition) is 4. The number of aliphatic carboxylic acids is 1. The molecule has 1 aromatic heterocycles. The van der Waals surface area contributed by atoms with Gasteiger partial charge >= 0.3 is 5.97 Å². The lowest BCUT2D eigenvalue weighted by atomic mass is 10.1. The number of piperidine rings is 1. The van der Waals surface area contributed by atoms with Crippen molar-refractivity contribution < 1.29 is 14.6 Å². The number of carboxylic acids is 1. The largest absolute Gasteiger partial charge is 0.480 e. The Morgan fingerprint density at radius 1 is 1.50 bits per heavy atom. The predicted octanol–water partition coefficient (Wildman–Crippen LogP) is 2.58. The molecular formula is C12H16BrNO3S. The van der Waals surface area contributed by atoms with Gasteiger partial charge in [0.1, 0.15) is 6.61 Å². The summed E-state index contributed by atoms with van der Waals surface area (Å²) in [7, 11) is 0. The first-order valence-electron chi connectivity index (χ1n) is 5.93. The Kier molecular flexibility index (Phi) is 5.17. The van der Waals surface area contributed by atoms with Gasteiger partial charge in [0.15, 0.2) is 0 Å². The molecule has 100 valence electrons. The average Bonchev–Trinajstić information content (AvgIpc) is 2.74. The average molecular weight is 334 g/mol. The molecule has 1 N–H and O–H groups in total. The second-order valence-electron chi connectivity index (χ2n) is 4.39. The number of carbonyl (C=O) groups is 1. The summed E-state index contributed by atoms with van der Waals surface area (Å²) in [5.41, 5.74) is 0. The second kappa shape index (κ2) is 6.65. The zero-order chi connectivity index (χ0) is 13.0. The van der Waals surface area contributed by atoms with Crippen molar-refractivity contribution in [2.45, 2.75) is 25.5 Å². The third kappa shape index (κ3) is 4.35. The number of ether oxygens (including phenoxy) is 1. The van der Waals surface area contributed by atoms with Crippen LogP contribution in [0.25, 0.3) is 0 Å². The van der Waals surface area contributed by atoms with Crippen molar-refractivity contribution in [2.75, 3.05) is 19.7 Å². The van der Waals surface area contributed by atoms with E-state index in [0.717, 1.165) is 36.3 Å². The number of halogens is 1. The molecule has 0 amide bonds. The van der Waals surface area contributed by atoms with Crippen molar-refractivity contribution in [3.63, 3.8) is 0 Å². The first-order valence-corrected chi connectivity index (χ1v) is 7.54. The molecule has 0 saturated carbocycles. The van der Waals surface area contributed by atoms with Crippen LogP contribution in [0.15, 0.2) is 15.9 Å². The molecule has 2 rings (SSSR count). The van der Waals surface area contributed by atoms with Crippen LogP contribution in [0.5, 0.6) is 0 Å². The number of likely N-dealkylation sites (tertiary alicyclic amines) is 1. The number of nitrogens with zero attached hydrogens (tertiary/aromatic N) is 1. The minimum absolute atomic E-state index is 0.104. The molecule has 0 spiro atoms. The predicted molar refractivity (Wildman–Crippen MR) is 73.9 cm³/mol. The van der Waals surface area contributed by atoms with Crippen molar-refractivity contribution in [2.24, 2.45) is 0 Å². The fraction of sp³-hybridized carbons (Fsp3) is 0.583. The van der Waals surface area contributed by atoms with Crippen LogP contribution < -0.4 is 0 Å². The number of hydrogen-bond donors (Lipinski definition) is 1. The molecule has 1 saturated heterocycles. The van der Waals surface area contributed by atoms with E-state index in [1.807, 2.05) is 0 Å². The highest BCUT2D eigenvalue weighted by Crippen LogP contribution is 2.24. The molecule has 6 heteroatoms. The van der Waals surface area contributed by atoms with Gasteiger partial charge in [-0.15, -0.1) is 11.3 Å². The maximum atomic E-state index is 10.4. The van der Waals surface area contributed by atoms with E-state index in [0.29, 0.717) is 0 Å². The zero-order valence-electron chi connectivity index (χ0n) is 9.97. The molecular weight excluding hydrogens is 318 g/mol. The third-order valence-corrected chi connectivity index (χ3v) is 4.59. The zero-order valence-corrected chi connectivity index (χ0v) is 12.4. The monoisotopic (exact) mass is 333 g/mol. The molecule has 1 aliphatic heterocycles. The van der Waals surface area contributed by atoms with Crippen LogP contribution in [0, 0.1) is 0 Å². The van der Waals surface area contributed by atoms with E-state index < -0.39 is 5.97 Å². The molecule has 1 fully saturated rings. The van der Waals surface area contributed by atoms with Crippen molar-refractivity contribution in [1.82, 2.24) is 4.90 Å². The second-order valence-corrected chi connectivity index (χ2v) is 6.93. The Balaban J connectivity index is 1.71. The van der Waals surface area contributed by atoms with Crippen LogP contribution in [0.2, 0.25) is 0 Å². The molecule has 1 aliphatic rings. The van der Waals surface area contributed by atoms with E-state index in [2.05, 4.69) is 33.0 Å². The van der Waals surface area contributed by atoms with E-state index in [1.165, 1.54) is 4.88 Å². The molecule has 2 heterocycles. The van der Waals surface area contributed by atoms with Gasteiger partial charge in [0, 0.05) is 24.5 Å². The van der Waals surface area contributed by atoms with Crippen LogP contribution in [-0.4, -0.2) is 41.8 Å². The van der Waals surface area contributed by atoms with Gasteiger partial charge in [-0.25, -0.2) is 4.79 Å². The van der Waals surface area contributed by atoms with Crippen LogP contribution >= 0.6 is 27.3 Å². The Labute approximate surface area is 119 Å². The lowest BCUT2D eigenvalue weighted by molar-refractivity contribution is -0.145. The Morgan fingerprint density at radius 2 is 2.22 bits per heavy atom. The summed E-state index contributed by atoms with van der Waals surface area (Å²) in [6.07, 6.45) is 1.94. The molecule has 0 aliphatic carbocycles. The summed E-state index contributed by atoms with van der Waals surface area (Å²) in [6.45, 7) is 2.74. The van der Waals surface area contributed by atoms with Gasteiger partial charge in [0.2, 0.25) is 0 Å². The molecule has 0 aromatic carbocycles. The molecule has 0 atom stereocenters. The lowest BCUT2D eigenvalue weighted by Crippen LogP contribution is -2.37. The van der Waals surface area contributed by atoms with Gasteiger partial charge in [-0.05, 0) is 40.9 Å². The summed E-state index contributed by atoms with van der Waals surface area (Å²) in [5, 5.41) is 8.55. The van der Waals surface area contributed by atoms with Gasteiger partial charge < -0.3 is 9.84 Å². The van der Waals surface area contributed by atoms with E-state index in [1.54, 1.807) is 11.3 Å². The Bertz CT molecular complexity index is 402. The molecule has 0 bridgehead atoms. The summed E-state index contributed by atoms with van der Waals surface area (Å²) in [6, 6.07) is 4.21. The summed E-state index contributed by atoms with van der Waals surface area (Å²) in [4.78, 5) is 14.2. The molecule has 4 nitrogen and oxygen atoms in total. The smallest absolute Gasteiger partial charge is 0.329 e. The standard InChI is InChI=1S/C12H16BrNO3S/c13-11-2-1-10(18-11)7-14-5-3-9(4-6-14)17-8-12(15)16/h1-2,9H,3-8H2,(H,15,16). The van der Waals surface area contributed by atoms with E-state index in [-0.39, 0.29) is 12.7 Å². The highest BCUT2D eigenvalue weighted by atomic mass is 79.9. The Hall–Kier alpha value is -0.430. The molecule has 0 radical (unpaired) electrons. The summed E-state index contributed by atoms with van der Waals surface area (Å²) in [5.74, 6) is -0.888. The van der Waals surface area contributed by atoms with E-state index in [9.17, 15) is 4.79 Å². The number of rotatable bonds is 5. The maximum absolute atomic E-state index is 10.4. The van der Waals surface area contributed by atoms with Crippen molar-refractivity contribution >= 4 is 33.2 Å². The van der Waals surface area contributed by atoms with Crippen molar-refractivity contribution in [1.29, 1.82) is 0 Å². The van der Waals surface area contributed by atoms with Gasteiger partial charge in [-0.2, -0.15) is 0 Å². The number of thiophene rings is 1. The molecule has 18 heavy (non-hydrogen) atoms. The highest BCUT2D eigenvalue weighted by Gasteiger charge is 2.20. The normalized spacial score (nSPS) is 18.1. The van der Waals surface area contributed by atoms with E-state index >= 15 is 0 Å². The lowest BCUT2D eigenvalue weighted by Gasteiger charge is -2.31. The van der Waals surface area contributed by atoms with Crippen LogP contribution in [0.1, 0.15) is 17.7 Å². The topological polar surface area (TPSA) is 49.8 Å². The van der Waals surface area contributed by atoms with Crippen molar-refractivity contribution in [3.05, 3.63) is 20.8 Å². The van der Waals surface area contributed by atoms with Crippen LogP contribution in [0.3, 0.4) is 0 Å².